The minimum Gasteiger partial charge on any atom is -0.361 e. The largest absolute Gasteiger partial charge is 0.361 e. The first-order chi connectivity index (χ1) is 11.9. The monoisotopic (exact) mass is 340 g/mol. The van der Waals surface area contributed by atoms with Gasteiger partial charge >= 0.3 is 0 Å². The van der Waals surface area contributed by atoms with E-state index in [2.05, 4.69) is 10.1 Å². The second-order valence-electron chi connectivity index (χ2n) is 6.13. The average Bonchev–Trinajstić information content (AvgIpc) is 2.90. The van der Waals surface area contributed by atoms with Gasteiger partial charge in [0.15, 0.2) is 0 Å². The normalized spacial score (nSPS) is 11.0. The molecule has 0 saturated carbocycles. The van der Waals surface area contributed by atoms with Crippen LogP contribution in [0, 0.1) is 20.8 Å². The molecule has 0 fully saturated rings. The van der Waals surface area contributed by atoms with Crippen LogP contribution in [-0.2, 0) is 17.9 Å². The van der Waals surface area contributed by atoms with Gasteiger partial charge in [-0.3, -0.25) is 14.2 Å². The molecule has 0 aliphatic rings. The molecule has 0 radical (unpaired) electrons. The van der Waals surface area contributed by atoms with Crippen molar-refractivity contribution in [1.29, 1.82) is 0 Å². The third kappa shape index (κ3) is 3.17. The van der Waals surface area contributed by atoms with E-state index >= 15 is 0 Å². The molecule has 1 aromatic carbocycles. The van der Waals surface area contributed by atoms with Crippen molar-refractivity contribution >= 4 is 16.9 Å². The summed E-state index contributed by atoms with van der Waals surface area (Å²) in [6, 6.07) is 7.31. The molecule has 0 aliphatic carbocycles. The smallest absolute Gasteiger partial charge is 0.272 e. The molecule has 7 heteroatoms. The molecule has 0 atom stereocenters. The molecule has 0 spiro atoms. The van der Waals surface area contributed by atoms with Crippen molar-refractivity contribution in [2.75, 3.05) is 7.05 Å². The zero-order valence-electron chi connectivity index (χ0n) is 14.7. The molecular weight excluding hydrogens is 320 g/mol. The lowest BCUT2D eigenvalue weighted by Gasteiger charge is -2.18. The van der Waals surface area contributed by atoms with Crippen LogP contribution in [0.1, 0.15) is 22.7 Å². The van der Waals surface area contributed by atoms with Crippen molar-refractivity contribution in [3.8, 4) is 0 Å². The summed E-state index contributed by atoms with van der Waals surface area (Å²) >= 11 is 0. The molecule has 2 heterocycles. The summed E-state index contributed by atoms with van der Waals surface area (Å²) in [5.74, 6) is 0.525. The highest BCUT2D eigenvalue weighted by Gasteiger charge is 2.18. The lowest BCUT2D eigenvalue weighted by Crippen LogP contribution is -2.35. The van der Waals surface area contributed by atoms with Gasteiger partial charge in [-0.05, 0) is 32.9 Å². The average molecular weight is 340 g/mol. The molecule has 130 valence electrons. The predicted octanol–water partition coefficient (Wildman–Crippen LogP) is 1.97. The van der Waals surface area contributed by atoms with Crippen LogP contribution >= 0.6 is 0 Å². The Morgan fingerprint density at radius 1 is 1.20 bits per heavy atom. The number of benzene rings is 1. The number of fused-ring (bicyclic) bond motifs is 1. The second kappa shape index (κ2) is 6.51. The van der Waals surface area contributed by atoms with Gasteiger partial charge in [0.1, 0.15) is 18.0 Å². The molecule has 0 saturated heterocycles. The number of hydrogen-bond acceptors (Lipinski definition) is 5. The number of para-hydroxylation sites is 2. The van der Waals surface area contributed by atoms with Crippen molar-refractivity contribution in [2.24, 2.45) is 0 Å². The van der Waals surface area contributed by atoms with Crippen LogP contribution in [0.3, 0.4) is 0 Å². The maximum atomic E-state index is 12.7. The lowest BCUT2D eigenvalue weighted by molar-refractivity contribution is -0.131. The van der Waals surface area contributed by atoms with Crippen LogP contribution in [0.15, 0.2) is 33.6 Å². The molecule has 0 bridgehead atoms. The summed E-state index contributed by atoms with van der Waals surface area (Å²) in [4.78, 5) is 31.0. The number of rotatable bonds is 4. The minimum absolute atomic E-state index is 0.0391. The Bertz CT molecular complexity index is 984. The van der Waals surface area contributed by atoms with E-state index in [1.165, 1.54) is 4.57 Å². The third-order valence-electron chi connectivity index (χ3n) is 4.31. The van der Waals surface area contributed by atoms with E-state index in [0.717, 1.165) is 11.3 Å². The number of carbonyl (C=O) groups excluding carboxylic acids is 1. The van der Waals surface area contributed by atoms with Gasteiger partial charge in [-0.1, -0.05) is 17.3 Å². The van der Waals surface area contributed by atoms with Crippen LogP contribution < -0.4 is 5.56 Å². The second-order valence-corrected chi connectivity index (χ2v) is 6.13. The number of aromatic nitrogens is 3. The van der Waals surface area contributed by atoms with Gasteiger partial charge in [-0.15, -0.1) is 0 Å². The highest BCUT2D eigenvalue weighted by atomic mass is 16.5. The lowest BCUT2D eigenvalue weighted by atomic mass is 10.2. The fraction of sp³-hybridized carbons (Fsp3) is 0.333. The molecule has 3 rings (SSSR count). The third-order valence-corrected chi connectivity index (χ3v) is 4.31. The molecule has 0 aliphatic heterocycles. The molecule has 7 nitrogen and oxygen atoms in total. The first kappa shape index (κ1) is 16.9. The Hall–Kier alpha value is -2.96. The summed E-state index contributed by atoms with van der Waals surface area (Å²) in [5, 5.41) is 3.90. The van der Waals surface area contributed by atoms with Crippen molar-refractivity contribution in [3.05, 3.63) is 57.3 Å². The van der Waals surface area contributed by atoms with Gasteiger partial charge in [0.2, 0.25) is 5.91 Å². The Labute approximate surface area is 144 Å². The molecule has 1 amide bonds. The molecule has 3 aromatic rings. The number of carbonyl (C=O) groups is 1. The summed E-state index contributed by atoms with van der Waals surface area (Å²) in [7, 11) is 1.70. The first-order valence-electron chi connectivity index (χ1n) is 8.00. The van der Waals surface area contributed by atoms with E-state index < -0.39 is 0 Å². The first-order valence-corrected chi connectivity index (χ1v) is 8.00. The van der Waals surface area contributed by atoms with Crippen LogP contribution in [0.5, 0.6) is 0 Å². The van der Waals surface area contributed by atoms with E-state index in [1.54, 1.807) is 24.9 Å². The van der Waals surface area contributed by atoms with E-state index in [9.17, 15) is 9.59 Å². The Kier molecular flexibility index (Phi) is 4.39. The molecule has 2 aromatic heterocycles. The van der Waals surface area contributed by atoms with Crippen molar-refractivity contribution in [3.63, 3.8) is 0 Å². The van der Waals surface area contributed by atoms with Gasteiger partial charge in [-0.25, -0.2) is 4.98 Å². The highest BCUT2D eigenvalue weighted by molar-refractivity contribution is 5.80. The molecule has 25 heavy (non-hydrogen) atoms. The summed E-state index contributed by atoms with van der Waals surface area (Å²) in [5.41, 5.74) is 3.12. The quantitative estimate of drug-likeness (QED) is 0.725. The van der Waals surface area contributed by atoms with Gasteiger partial charge in [0.25, 0.3) is 5.56 Å². The van der Waals surface area contributed by atoms with E-state index in [-0.39, 0.29) is 18.0 Å². The highest BCUT2D eigenvalue weighted by Crippen LogP contribution is 2.15. The maximum Gasteiger partial charge on any atom is 0.272 e. The van der Waals surface area contributed by atoms with Crippen LogP contribution in [0.4, 0.5) is 0 Å². The minimum atomic E-state index is -0.252. The summed E-state index contributed by atoms with van der Waals surface area (Å²) in [6.45, 7) is 5.66. The number of likely N-dealkylation sites (N-methyl/N-ethyl adjacent to an activating group) is 1. The predicted molar refractivity (Wildman–Crippen MR) is 93.2 cm³/mol. The fourth-order valence-corrected chi connectivity index (χ4v) is 2.79. The van der Waals surface area contributed by atoms with Crippen LogP contribution in [0.2, 0.25) is 0 Å². The number of amides is 1. The van der Waals surface area contributed by atoms with E-state index in [4.69, 9.17) is 4.52 Å². The summed E-state index contributed by atoms with van der Waals surface area (Å²) in [6.07, 6.45) is 0. The zero-order valence-corrected chi connectivity index (χ0v) is 14.7. The summed E-state index contributed by atoms with van der Waals surface area (Å²) < 4.78 is 6.61. The Morgan fingerprint density at radius 2 is 1.92 bits per heavy atom. The van der Waals surface area contributed by atoms with Gasteiger partial charge in [0, 0.05) is 12.6 Å². The van der Waals surface area contributed by atoms with E-state index in [1.807, 2.05) is 32.0 Å². The number of hydrogen-bond donors (Lipinski definition) is 0. The van der Waals surface area contributed by atoms with Gasteiger partial charge in [-0.2, -0.15) is 0 Å². The van der Waals surface area contributed by atoms with Crippen molar-refractivity contribution < 1.29 is 9.32 Å². The fourth-order valence-electron chi connectivity index (χ4n) is 2.79. The molecule has 0 N–H and O–H groups in total. The number of aryl methyl sites for hydroxylation is 3. The van der Waals surface area contributed by atoms with Crippen molar-refractivity contribution in [1.82, 2.24) is 19.6 Å². The van der Waals surface area contributed by atoms with Crippen molar-refractivity contribution in [2.45, 2.75) is 33.9 Å². The Balaban J connectivity index is 1.89. The van der Waals surface area contributed by atoms with Crippen LogP contribution in [0.25, 0.3) is 11.0 Å². The molecular formula is C18H20N4O3. The zero-order chi connectivity index (χ0) is 18.1. The van der Waals surface area contributed by atoms with Gasteiger partial charge in [0.05, 0.1) is 23.3 Å². The standard InChI is InChI=1S/C18H20N4O3/c1-11-14(13(3)25-20-11)9-21(4)17(23)10-22-16-8-6-5-7-15(16)19-12(2)18(22)24/h5-8H,9-10H2,1-4H3. The Morgan fingerprint density at radius 3 is 2.60 bits per heavy atom. The molecule has 0 unspecified atom stereocenters. The topological polar surface area (TPSA) is 81.2 Å². The van der Waals surface area contributed by atoms with Gasteiger partial charge < -0.3 is 9.42 Å². The van der Waals surface area contributed by atoms with E-state index in [0.29, 0.717) is 29.0 Å². The number of nitrogens with zero attached hydrogens (tertiary/aromatic N) is 4. The van der Waals surface area contributed by atoms with Crippen LogP contribution in [-0.4, -0.2) is 32.6 Å². The maximum absolute atomic E-state index is 12.7. The SMILES string of the molecule is Cc1noc(C)c1CN(C)C(=O)Cn1c(=O)c(C)nc2ccccc21.